The Morgan fingerprint density at radius 3 is 2.13 bits per heavy atom. The Hall–Kier alpha value is -3.32. The third-order valence-electron chi connectivity index (χ3n) is 4.56. The maximum absolute atomic E-state index is 12.9. The fourth-order valence-electron chi connectivity index (χ4n) is 2.98. The minimum absolute atomic E-state index is 0.188. The first-order valence-electron chi connectivity index (χ1n) is 9.17. The van der Waals surface area contributed by atoms with Crippen LogP contribution in [0.3, 0.4) is 0 Å². The number of benzene rings is 3. The summed E-state index contributed by atoms with van der Waals surface area (Å²) in [6.07, 6.45) is -4.44. The van der Waals surface area contributed by atoms with E-state index < -0.39 is 17.6 Å². The van der Waals surface area contributed by atoms with Crippen LogP contribution in [0.1, 0.15) is 26.3 Å². The van der Waals surface area contributed by atoms with Gasteiger partial charge < -0.3 is 10.2 Å². The molecule has 8 heteroatoms. The van der Waals surface area contributed by atoms with Crippen LogP contribution in [0.25, 0.3) is 11.1 Å². The molecule has 0 aliphatic rings. The van der Waals surface area contributed by atoms with E-state index in [0.717, 1.165) is 12.1 Å². The summed E-state index contributed by atoms with van der Waals surface area (Å²) in [5, 5.41) is 2.90. The zero-order valence-electron chi connectivity index (χ0n) is 16.6. The molecule has 0 radical (unpaired) electrons. The van der Waals surface area contributed by atoms with Crippen LogP contribution < -0.4 is 5.32 Å². The van der Waals surface area contributed by atoms with Crippen LogP contribution >= 0.6 is 11.6 Å². The number of hydrogen-bond acceptors (Lipinski definition) is 2. The molecule has 0 spiro atoms. The van der Waals surface area contributed by atoms with E-state index in [1.807, 2.05) is 0 Å². The molecule has 0 heterocycles. The lowest BCUT2D eigenvalue weighted by molar-refractivity contribution is -0.137. The first-order valence-corrected chi connectivity index (χ1v) is 9.55. The van der Waals surface area contributed by atoms with Crippen molar-refractivity contribution in [2.75, 3.05) is 19.4 Å². The number of amides is 2. The Kier molecular flexibility index (Phi) is 6.36. The van der Waals surface area contributed by atoms with Gasteiger partial charge in [0, 0.05) is 25.3 Å². The largest absolute Gasteiger partial charge is 0.416 e. The van der Waals surface area contributed by atoms with Crippen molar-refractivity contribution >= 4 is 29.1 Å². The Bertz CT molecular complexity index is 1130. The van der Waals surface area contributed by atoms with E-state index >= 15 is 0 Å². The third kappa shape index (κ3) is 5.06. The predicted molar refractivity (Wildman–Crippen MR) is 114 cm³/mol. The average molecular weight is 447 g/mol. The maximum atomic E-state index is 12.9. The lowest BCUT2D eigenvalue weighted by Gasteiger charge is -2.14. The molecule has 0 saturated heterocycles. The highest BCUT2D eigenvalue weighted by Crippen LogP contribution is 2.32. The molecule has 0 fully saturated rings. The normalized spacial score (nSPS) is 11.2. The van der Waals surface area contributed by atoms with Crippen molar-refractivity contribution in [1.82, 2.24) is 4.90 Å². The molecule has 0 atom stereocenters. The Morgan fingerprint density at radius 2 is 1.55 bits per heavy atom. The number of nitrogens with zero attached hydrogens (tertiary/aromatic N) is 1. The summed E-state index contributed by atoms with van der Waals surface area (Å²) in [6.45, 7) is 0. The van der Waals surface area contributed by atoms with E-state index in [1.54, 1.807) is 44.4 Å². The molecule has 31 heavy (non-hydrogen) atoms. The molecule has 0 aromatic heterocycles. The van der Waals surface area contributed by atoms with Crippen molar-refractivity contribution in [1.29, 1.82) is 0 Å². The van der Waals surface area contributed by atoms with Crippen LogP contribution in [0.2, 0.25) is 5.02 Å². The van der Waals surface area contributed by atoms with Gasteiger partial charge in [0.15, 0.2) is 0 Å². The molecule has 3 aromatic carbocycles. The smallest absolute Gasteiger partial charge is 0.345 e. The summed E-state index contributed by atoms with van der Waals surface area (Å²) >= 11 is 6.19. The van der Waals surface area contributed by atoms with Gasteiger partial charge in [-0.1, -0.05) is 41.9 Å². The van der Waals surface area contributed by atoms with Crippen molar-refractivity contribution in [3.63, 3.8) is 0 Å². The van der Waals surface area contributed by atoms with Gasteiger partial charge in [0.1, 0.15) is 0 Å². The monoisotopic (exact) mass is 446 g/mol. The number of rotatable bonds is 4. The molecule has 160 valence electrons. The Balaban J connectivity index is 1.87. The molecule has 0 aliphatic carbocycles. The lowest BCUT2D eigenvalue weighted by atomic mass is 9.98. The van der Waals surface area contributed by atoms with Crippen molar-refractivity contribution in [2.45, 2.75) is 6.18 Å². The SMILES string of the molecule is CN(C)C(=O)c1ccc(NC(=O)c2ccccc2-c2ccc(C(F)(F)F)cc2)cc1Cl. The minimum Gasteiger partial charge on any atom is -0.345 e. The Morgan fingerprint density at radius 1 is 0.903 bits per heavy atom. The van der Waals surface area contributed by atoms with Gasteiger partial charge in [-0.05, 0) is 47.5 Å². The highest BCUT2D eigenvalue weighted by molar-refractivity contribution is 6.34. The van der Waals surface area contributed by atoms with Gasteiger partial charge in [-0.15, -0.1) is 0 Å². The van der Waals surface area contributed by atoms with Crippen molar-refractivity contribution in [3.05, 3.63) is 88.4 Å². The van der Waals surface area contributed by atoms with E-state index in [-0.39, 0.29) is 16.5 Å². The summed E-state index contributed by atoms with van der Waals surface area (Å²) in [5.41, 5.74) is 1.16. The van der Waals surface area contributed by atoms with Crippen LogP contribution in [0.4, 0.5) is 18.9 Å². The minimum atomic E-state index is -4.44. The predicted octanol–water partition coefficient (Wildman–Crippen LogP) is 5.98. The van der Waals surface area contributed by atoms with E-state index in [1.165, 1.54) is 29.2 Å². The number of hydrogen-bond donors (Lipinski definition) is 1. The molecule has 2 amide bonds. The molecule has 1 N–H and O–H groups in total. The van der Waals surface area contributed by atoms with Gasteiger partial charge in [0.2, 0.25) is 0 Å². The lowest BCUT2D eigenvalue weighted by Crippen LogP contribution is -2.22. The van der Waals surface area contributed by atoms with Gasteiger partial charge in [-0.3, -0.25) is 9.59 Å². The highest BCUT2D eigenvalue weighted by atomic mass is 35.5. The molecule has 0 saturated carbocycles. The van der Waals surface area contributed by atoms with Crippen LogP contribution in [0.15, 0.2) is 66.7 Å². The molecule has 0 unspecified atom stereocenters. The molecule has 0 aliphatic heterocycles. The molecular formula is C23H18ClF3N2O2. The van der Waals surface area contributed by atoms with E-state index in [4.69, 9.17) is 11.6 Å². The quantitative estimate of drug-likeness (QED) is 0.536. The van der Waals surface area contributed by atoms with E-state index in [2.05, 4.69) is 5.32 Å². The second-order valence-corrected chi connectivity index (χ2v) is 7.38. The standard InChI is InChI=1S/C23H18ClF3N2O2/c1-29(2)22(31)19-12-11-16(13-20(19)24)28-21(30)18-6-4-3-5-17(18)14-7-9-15(10-8-14)23(25,26)27/h3-13H,1-2H3,(H,28,30). The molecular weight excluding hydrogens is 429 g/mol. The number of carbonyl (C=O) groups is 2. The number of alkyl halides is 3. The van der Waals surface area contributed by atoms with Crippen LogP contribution in [-0.2, 0) is 6.18 Å². The van der Waals surface area contributed by atoms with E-state index in [0.29, 0.717) is 22.4 Å². The highest BCUT2D eigenvalue weighted by Gasteiger charge is 2.30. The summed E-state index contributed by atoms with van der Waals surface area (Å²) in [4.78, 5) is 26.3. The van der Waals surface area contributed by atoms with Gasteiger partial charge in [0.05, 0.1) is 16.1 Å². The fourth-order valence-corrected chi connectivity index (χ4v) is 3.24. The topological polar surface area (TPSA) is 49.4 Å². The van der Waals surface area contributed by atoms with Gasteiger partial charge in [-0.2, -0.15) is 13.2 Å². The van der Waals surface area contributed by atoms with Crippen LogP contribution in [0, 0.1) is 0 Å². The summed E-state index contributed by atoms with van der Waals surface area (Å²) in [5.74, 6) is -0.728. The second-order valence-electron chi connectivity index (χ2n) is 6.97. The van der Waals surface area contributed by atoms with Crippen molar-refractivity contribution < 1.29 is 22.8 Å². The first-order chi connectivity index (χ1) is 14.6. The number of nitrogens with one attached hydrogen (secondary N) is 1. The maximum Gasteiger partial charge on any atom is 0.416 e. The molecule has 4 nitrogen and oxygen atoms in total. The van der Waals surface area contributed by atoms with Crippen LogP contribution in [0.5, 0.6) is 0 Å². The van der Waals surface area contributed by atoms with Gasteiger partial charge >= 0.3 is 6.18 Å². The summed E-state index contributed by atoms with van der Waals surface area (Å²) in [6, 6.07) is 15.7. The number of anilines is 1. The zero-order valence-corrected chi connectivity index (χ0v) is 17.4. The van der Waals surface area contributed by atoms with E-state index in [9.17, 15) is 22.8 Å². The van der Waals surface area contributed by atoms with Gasteiger partial charge in [0.25, 0.3) is 11.8 Å². The summed E-state index contributed by atoms with van der Waals surface area (Å²) < 4.78 is 38.5. The van der Waals surface area contributed by atoms with Gasteiger partial charge in [-0.25, -0.2) is 0 Å². The van der Waals surface area contributed by atoms with Crippen LogP contribution in [-0.4, -0.2) is 30.8 Å². The van der Waals surface area contributed by atoms with Crippen molar-refractivity contribution in [3.8, 4) is 11.1 Å². The number of carbonyl (C=O) groups excluding carboxylic acids is 2. The second kappa shape index (κ2) is 8.81. The summed E-state index contributed by atoms with van der Waals surface area (Å²) in [7, 11) is 3.21. The fraction of sp³-hybridized carbons (Fsp3) is 0.130. The molecule has 3 aromatic rings. The zero-order chi connectivity index (χ0) is 22.8. The average Bonchev–Trinajstić information content (AvgIpc) is 2.73. The molecule has 3 rings (SSSR count). The van der Waals surface area contributed by atoms with Crippen molar-refractivity contribution in [2.24, 2.45) is 0 Å². The molecule has 0 bridgehead atoms. The first kappa shape index (κ1) is 22.4. The third-order valence-corrected chi connectivity index (χ3v) is 4.87. The number of halogens is 4. The Labute approximate surface area is 182 Å².